The fourth-order valence-electron chi connectivity index (χ4n) is 1.55. The molecule has 2 aromatic rings. The molecule has 104 valence electrons. The van der Waals surface area contributed by atoms with Crippen LogP contribution in [0.4, 0.5) is 21.6 Å². The molecule has 9 heteroatoms. The van der Waals surface area contributed by atoms with Crippen molar-refractivity contribution >= 4 is 44.7 Å². The maximum absolute atomic E-state index is 13.1. The van der Waals surface area contributed by atoms with E-state index in [1.807, 2.05) is 0 Å². The van der Waals surface area contributed by atoms with Crippen molar-refractivity contribution in [1.29, 1.82) is 0 Å². The summed E-state index contributed by atoms with van der Waals surface area (Å²) in [6.45, 7) is 1.46. The zero-order valence-electron chi connectivity index (χ0n) is 10.0. The highest BCUT2D eigenvalue weighted by molar-refractivity contribution is 9.10. The van der Waals surface area contributed by atoms with Gasteiger partial charge in [-0.1, -0.05) is 0 Å². The van der Waals surface area contributed by atoms with Crippen LogP contribution in [0.25, 0.3) is 0 Å². The molecule has 1 aromatic carbocycles. The SMILES string of the molecule is Cc1nc(Cl)nc(Nc2ccc(F)c(Br)c2)c1[N+](=O)[O-]. The van der Waals surface area contributed by atoms with Crippen molar-refractivity contribution in [2.24, 2.45) is 0 Å². The van der Waals surface area contributed by atoms with E-state index in [4.69, 9.17) is 11.6 Å². The minimum Gasteiger partial charge on any atom is -0.334 e. The standard InChI is InChI=1S/C11H7BrClFN4O2/c1-5-9(18(19)20)10(17-11(13)15-5)16-6-2-3-8(14)7(12)4-6/h2-4H,1H3,(H,15,16,17). The molecule has 1 aromatic heterocycles. The summed E-state index contributed by atoms with van der Waals surface area (Å²) in [6.07, 6.45) is 0. The highest BCUT2D eigenvalue weighted by Crippen LogP contribution is 2.30. The van der Waals surface area contributed by atoms with Gasteiger partial charge in [-0.3, -0.25) is 10.1 Å². The van der Waals surface area contributed by atoms with Gasteiger partial charge in [-0.25, -0.2) is 9.37 Å². The molecule has 20 heavy (non-hydrogen) atoms. The summed E-state index contributed by atoms with van der Waals surface area (Å²) >= 11 is 8.72. The lowest BCUT2D eigenvalue weighted by Crippen LogP contribution is -2.04. The van der Waals surface area contributed by atoms with Crippen LogP contribution in [0.15, 0.2) is 22.7 Å². The van der Waals surface area contributed by atoms with Crippen molar-refractivity contribution in [3.8, 4) is 0 Å². The van der Waals surface area contributed by atoms with Gasteiger partial charge < -0.3 is 5.32 Å². The van der Waals surface area contributed by atoms with Crippen molar-refractivity contribution in [3.05, 3.63) is 49.6 Å². The first-order chi connectivity index (χ1) is 9.38. The number of halogens is 3. The van der Waals surface area contributed by atoms with E-state index in [2.05, 4.69) is 31.2 Å². The molecule has 0 amide bonds. The Morgan fingerprint density at radius 3 is 2.75 bits per heavy atom. The van der Waals surface area contributed by atoms with Crippen LogP contribution in [0.1, 0.15) is 5.69 Å². The summed E-state index contributed by atoms with van der Waals surface area (Å²) in [7, 11) is 0. The van der Waals surface area contributed by atoms with Gasteiger partial charge in [0.2, 0.25) is 11.1 Å². The largest absolute Gasteiger partial charge is 0.334 e. The molecule has 2 rings (SSSR count). The van der Waals surface area contributed by atoms with Crippen LogP contribution in [0.3, 0.4) is 0 Å². The second kappa shape index (κ2) is 5.68. The van der Waals surface area contributed by atoms with E-state index in [0.29, 0.717) is 5.69 Å². The summed E-state index contributed by atoms with van der Waals surface area (Å²) in [5, 5.41) is 13.7. The second-order valence-electron chi connectivity index (χ2n) is 3.79. The first kappa shape index (κ1) is 14.6. The van der Waals surface area contributed by atoms with E-state index in [1.54, 1.807) is 0 Å². The van der Waals surface area contributed by atoms with E-state index >= 15 is 0 Å². The molecule has 0 aliphatic heterocycles. The van der Waals surface area contributed by atoms with Gasteiger partial charge in [0.1, 0.15) is 11.5 Å². The van der Waals surface area contributed by atoms with E-state index in [0.717, 1.165) is 0 Å². The smallest absolute Gasteiger partial charge is 0.332 e. The summed E-state index contributed by atoms with van der Waals surface area (Å²) in [5.41, 5.74) is 0.282. The van der Waals surface area contributed by atoms with Gasteiger partial charge in [0.25, 0.3) is 0 Å². The zero-order valence-corrected chi connectivity index (χ0v) is 12.4. The quantitative estimate of drug-likeness (QED) is 0.508. The lowest BCUT2D eigenvalue weighted by Gasteiger charge is -2.08. The highest BCUT2D eigenvalue weighted by atomic mass is 79.9. The molecule has 1 N–H and O–H groups in total. The van der Waals surface area contributed by atoms with Gasteiger partial charge in [0.15, 0.2) is 0 Å². The van der Waals surface area contributed by atoms with Crippen LogP contribution < -0.4 is 5.32 Å². The Morgan fingerprint density at radius 2 is 2.15 bits per heavy atom. The predicted octanol–water partition coefficient (Wildman–Crippen LogP) is 3.99. The molecule has 0 radical (unpaired) electrons. The average molecular weight is 362 g/mol. The minimum absolute atomic E-state index is 0.0500. The van der Waals surface area contributed by atoms with Crippen molar-refractivity contribution < 1.29 is 9.31 Å². The Balaban J connectivity index is 2.47. The van der Waals surface area contributed by atoms with Gasteiger partial charge in [0.05, 0.1) is 9.40 Å². The lowest BCUT2D eigenvalue weighted by atomic mass is 10.3. The Kier molecular flexibility index (Phi) is 4.15. The molecule has 6 nitrogen and oxygen atoms in total. The zero-order chi connectivity index (χ0) is 14.9. The van der Waals surface area contributed by atoms with E-state index in [1.165, 1.54) is 25.1 Å². The Labute approximate surface area is 126 Å². The topological polar surface area (TPSA) is 81.0 Å². The molecule has 0 saturated carbocycles. The number of rotatable bonds is 3. The van der Waals surface area contributed by atoms with Crippen LogP contribution in [-0.2, 0) is 0 Å². The number of nitro groups is 1. The van der Waals surface area contributed by atoms with Gasteiger partial charge in [-0.15, -0.1) is 0 Å². The minimum atomic E-state index is -0.605. The molecule has 1 heterocycles. The molecule has 0 unspecified atom stereocenters. The van der Waals surface area contributed by atoms with Crippen molar-refractivity contribution in [2.75, 3.05) is 5.32 Å². The number of aromatic nitrogens is 2. The first-order valence-corrected chi connectivity index (χ1v) is 6.46. The number of hydrogen-bond acceptors (Lipinski definition) is 5. The van der Waals surface area contributed by atoms with Crippen LogP contribution in [0.5, 0.6) is 0 Å². The Hall–Kier alpha value is -1.80. The van der Waals surface area contributed by atoms with E-state index in [9.17, 15) is 14.5 Å². The van der Waals surface area contributed by atoms with Crippen molar-refractivity contribution in [2.45, 2.75) is 6.92 Å². The van der Waals surface area contributed by atoms with E-state index < -0.39 is 10.7 Å². The van der Waals surface area contributed by atoms with Crippen LogP contribution in [0, 0.1) is 22.9 Å². The number of benzene rings is 1. The molecule has 0 saturated heterocycles. The average Bonchev–Trinajstić information content (AvgIpc) is 2.32. The van der Waals surface area contributed by atoms with Crippen molar-refractivity contribution in [3.63, 3.8) is 0 Å². The number of anilines is 2. The first-order valence-electron chi connectivity index (χ1n) is 5.29. The molecular formula is C11H7BrClFN4O2. The summed E-state index contributed by atoms with van der Waals surface area (Å²) < 4.78 is 13.4. The molecule has 0 aliphatic carbocycles. The van der Waals surface area contributed by atoms with Crippen LogP contribution in [0.2, 0.25) is 5.28 Å². The molecular weight excluding hydrogens is 355 g/mol. The van der Waals surface area contributed by atoms with Gasteiger partial charge in [-0.2, -0.15) is 4.98 Å². The predicted molar refractivity (Wildman–Crippen MR) is 75.8 cm³/mol. The maximum Gasteiger partial charge on any atom is 0.332 e. The third-order valence-electron chi connectivity index (χ3n) is 2.40. The summed E-state index contributed by atoms with van der Waals surface area (Å²) in [6, 6.07) is 4.08. The maximum atomic E-state index is 13.1. The third-order valence-corrected chi connectivity index (χ3v) is 3.17. The van der Waals surface area contributed by atoms with Crippen LogP contribution in [-0.4, -0.2) is 14.9 Å². The normalized spacial score (nSPS) is 10.4. The van der Waals surface area contributed by atoms with Gasteiger partial charge in [-0.05, 0) is 52.7 Å². The molecule has 0 aliphatic rings. The fraction of sp³-hybridized carbons (Fsp3) is 0.0909. The van der Waals surface area contributed by atoms with Gasteiger partial charge in [0, 0.05) is 5.69 Å². The van der Waals surface area contributed by atoms with E-state index in [-0.39, 0.29) is 27.0 Å². The van der Waals surface area contributed by atoms with Gasteiger partial charge >= 0.3 is 5.69 Å². The molecule has 0 spiro atoms. The number of nitrogens with one attached hydrogen (secondary N) is 1. The third kappa shape index (κ3) is 3.02. The lowest BCUT2D eigenvalue weighted by molar-refractivity contribution is -0.385. The number of aryl methyl sites for hydroxylation is 1. The van der Waals surface area contributed by atoms with Crippen LogP contribution >= 0.6 is 27.5 Å². The van der Waals surface area contributed by atoms with Crippen molar-refractivity contribution in [1.82, 2.24) is 9.97 Å². The highest BCUT2D eigenvalue weighted by Gasteiger charge is 2.22. The summed E-state index contributed by atoms with van der Waals surface area (Å²) in [5.74, 6) is -0.493. The molecule has 0 bridgehead atoms. The second-order valence-corrected chi connectivity index (χ2v) is 4.98. The molecule has 0 atom stereocenters. The number of nitrogens with zero attached hydrogens (tertiary/aromatic N) is 3. The number of hydrogen-bond donors (Lipinski definition) is 1. The Morgan fingerprint density at radius 1 is 1.45 bits per heavy atom. The fourth-order valence-corrected chi connectivity index (χ4v) is 2.14. The monoisotopic (exact) mass is 360 g/mol. The Bertz CT molecular complexity index is 698. The molecule has 0 fully saturated rings. The summed E-state index contributed by atoms with van der Waals surface area (Å²) in [4.78, 5) is 18.0.